The molecule has 1 saturated carbocycles. The molecule has 1 aromatic carbocycles. The molecule has 2 aromatic rings. The molecule has 0 aliphatic heterocycles. The van der Waals surface area contributed by atoms with Gasteiger partial charge in [-0.1, -0.05) is 6.07 Å². The van der Waals surface area contributed by atoms with Gasteiger partial charge in [-0.2, -0.15) is 0 Å². The summed E-state index contributed by atoms with van der Waals surface area (Å²) in [6, 6.07) is 7.17. The van der Waals surface area contributed by atoms with E-state index >= 15 is 0 Å². The van der Waals surface area contributed by atoms with Gasteiger partial charge in [0.2, 0.25) is 0 Å². The second kappa shape index (κ2) is 5.10. The number of benzene rings is 1. The van der Waals surface area contributed by atoms with E-state index in [0.717, 1.165) is 36.5 Å². The van der Waals surface area contributed by atoms with Gasteiger partial charge >= 0.3 is 0 Å². The zero-order chi connectivity index (χ0) is 14.2. The van der Waals surface area contributed by atoms with Gasteiger partial charge in [-0.15, -0.1) is 0 Å². The van der Waals surface area contributed by atoms with Crippen molar-refractivity contribution in [3.8, 4) is 0 Å². The van der Waals surface area contributed by atoms with Crippen molar-refractivity contribution in [2.45, 2.75) is 44.1 Å². The molecule has 1 aromatic heterocycles. The summed E-state index contributed by atoms with van der Waals surface area (Å²) in [5, 5.41) is 3.47. The third kappa shape index (κ3) is 2.62. The van der Waals surface area contributed by atoms with Gasteiger partial charge in [-0.25, -0.2) is 14.4 Å². The third-order valence-corrected chi connectivity index (χ3v) is 4.36. The Morgan fingerprint density at radius 2 is 2.05 bits per heavy atom. The van der Waals surface area contributed by atoms with Crippen molar-refractivity contribution < 1.29 is 4.39 Å². The fraction of sp³-hybridized carbons (Fsp3) is 0.412. The lowest BCUT2D eigenvalue weighted by atomic mass is 9.87. The third-order valence-electron chi connectivity index (χ3n) is 4.36. The van der Waals surface area contributed by atoms with Crippen molar-refractivity contribution in [2.75, 3.05) is 5.32 Å². The van der Waals surface area contributed by atoms with Crippen LogP contribution >= 0.6 is 0 Å². The van der Waals surface area contributed by atoms with Gasteiger partial charge in [0.1, 0.15) is 17.5 Å². The molecule has 3 nitrogen and oxygen atoms in total. The van der Waals surface area contributed by atoms with Crippen LogP contribution < -0.4 is 5.32 Å². The zero-order valence-electron chi connectivity index (χ0n) is 11.8. The van der Waals surface area contributed by atoms with Crippen molar-refractivity contribution in [3.63, 3.8) is 0 Å². The summed E-state index contributed by atoms with van der Waals surface area (Å²) in [6.45, 7) is 0. The topological polar surface area (TPSA) is 37.8 Å². The van der Waals surface area contributed by atoms with Gasteiger partial charge in [0.05, 0.1) is 6.04 Å². The first-order valence-corrected chi connectivity index (χ1v) is 7.67. The highest BCUT2D eigenvalue weighted by atomic mass is 19.1. The Morgan fingerprint density at radius 3 is 2.90 bits per heavy atom. The van der Waals surface area contributed by atoms with Crippen LogP contribution in [-0.4, -0.2) is 9.97 Å². The maximum atomic E-state index is 13.5. The highest BCUT2D eigenvalue weighted by molar-refractivity contribution is 5.42. The number of rotatable bonds is 3. The first-order valence-electron chi connectivity index (χ1n) is 7.67. The first kappa shape index (κ1) is 12.7. The predicted octanol–water partition coefficient (Wildman–Crippen LogP) is 3.98. The monoisotopic (exact) mass is 283 g/mol. The van der Waals surface area contributed by atoms with Crippen LogP contribution in [0, 0.1) is 5.82 Å². The highest BCUT2D eigenvalue weighted by Crippen LogP contribution is 2.38. The summed E-state index contributed by atoms with van der Waals surface area (Å²) in [5.41, 5.74) is 2.32. The molecule has 108 valence electrons. The van der Waals surface area contributed by atoms with E-state index in [9.17, 15) is 4.39 Å². The fourth-order valence-corrected chi connectivity index (χ4v) is 3.09. The van der Waals surface area contributed by atoms with E-state index in [4.69, 9.17) is 0 Å². The number of anilines is 1. The Labute approximate surface area is 123 Å². The Bertz CT molecular complexity index is 667. The molecule has 4 rings (SSSR count). The average molecular weight is 283 g/mol. The number of fused-ring (bicyclic) bond motifs is 1. The molecule has 1 N–H and O–H groups in total. The first-order chi connectivity index (χ1) is 10.3. The summed E-state index contributed by atoms with van der Waals surface area (Å²) in [7, 11) is 0. The summed E-state index contributed by atoms with van der Waals surface area (Å²) >= 11 is 0. The van der Waals surface area contributed by atoms with Crippen molar-refractivity contribution in [1.29, 1.82) is 0 Å². The maximum Gasteiger partial charge on any atom is 0.133 e. The van der Waals surface area contributed by atoms with Gasteiger partial charge in [0.15, 0.2) is 0 Å². The van der Waals surface area contributed by atoms with E-state index in [1.807, 2.05) is 18.3 Å². The Balaban J connectivity index is 1.60. The fourth-order valence-electron chi connectivity index (χ4n) is 3.09. The van der Waals surface area contributed by atoms with E-state index in [1.165, 1.54) is 18.4 Å². The molecule has 1 heterocycles. The van der Waals surface area contributed by atoms with E-state index in [2.05, 4.69) is 15.3 Å². The molecule has 21 heavy (non-hydrogen) atoms. The molecule has 4 heteroatoms. The minimum Gasteiger partial charge on any atom is -0.363 e. The van der Waals surface area contributed by atoms with Crippen molar-refractivity contribution in [3.05, 3.63) is 53.2 Å². The van der Waals surface area contributed by atoms with E-state index in [0.29, 0.717) is 5.92 Å². The Kier molecular flexibility index (Phi) is 3.09. The van der Waals surface area contributed by atoms with Crippen LogP contribution in [0.15, 0.2) is 30.5 Å². The van der Waals surface area contributed by atoms with Crippen LogP contribution in [0.3, 0.4) is 0 Å². The Hall–Kier alpha value is -1.97. The van der Waals surface area contributed by atoms with Gasteiger partial charge in [-0.05, 0) is 61.4 Å². The summed E-state index contributed by atoms with van der Waals surface area (Å²) in [5.74, 6) is 2.18. The van der Waals surface area contributed by atoms with Gasteiger partial charge < -0.3 is 5.32 Å². The molecule has 0 amide bonds. The number of aromatic nitrogens is 2. The summed E-state index contributed by atoms with van der Waals surface area (Å²) in [4.78, 5) is 8.95. The molecule has 0 radical (unpaired) electrons. The molecule has 2 aliphatic carbocycles. The molecule has 0 spiro atoms. The maximum absolute atomic E-state index is 13.5. The molecule has 1 unspecified atom stereocenters. The average Bonchev–Trinajstić information content (AvgIpc) is 3.33. The second-order valence-corrected chi connectivity index (χ2v) is 6.01. The lowest BCUT2D eigenvalue weighted by Gasteiger charge is -2.27. The number of nitrogens with one attached hydrogen (secondary N) is 1. The summed E-state index contributed by atoms with van der Waals surface area (Å²) < 4.78 is 13.5. The Morgan fingerprint density at radius 1 is 1.14 bits per heavy atom. The van der Waals surface area contributed by atoms with Crippen LogP contribution in [0.25, 0.3) is 0 Å². The molecular formula is C17H18FN3. The predicted molar refractivity (Wildman–Crippen MR) is 79.7 cm³/mol. The lowest BCUT2D eigenvalue weighted by molar-refractivity contribution is 0.578. The quantitative estimate of drug-likeness (QED) is 0.925. The SMILES string of the molecule is Fc1ccc2c(c1)C(Nc1ccnc(C3CC3)n1)CCC2. The molecule has 1 fully saturated rings. The number of nitrogens with zero attached hydrogens (tertiary/aromatic N) is 2. The van der Waals surface area contributed by atoms with E-state index in [-0.39, 0.29) is 11.9 Å². The minimum absolute atomic E-state index is 0.145. The highest BCUT2D eigenvalue weighted by Gasteiger charge is 2.27. The van der Waals surface area contributed by atoms with Crippen LogP contribution in [-0.2, 0) is 6.42 Å². The van der Waals surface area contributed by atoms with Gasteiger partial charge in [0, 0.05) is 12.1 Å². The van der Waals surface area contributed by atoms with Gasteiger partial charge in [-0.3, -0.25) is 0 Å². The number of halogens is 1. The van der Waals surface area contributed by atoms with Crippen LogP contribution in [0.1, 0.15) is 54.6 Å². The van der Waals surface area contributed by atoms with E-state index < -0.39 is 0 Å². The smallest absolute Gasteiger partial charge is 0.133 e. The molecule has 0 bridgehead atoms. The minimum atomic E-state index is -0.163. The van der Waals surface area contributed by atoms with Crippen molar-refractivity contribution in [2.24, 2.45) is 0 Å². The lowest BCUT2D eigenvalue weighted by Crippen LogP contribution is -2.18. The van der Waals surface area contributed by atoms with Crippen molar-refractivity contribution in [1.82, 2.24) is 9.97 Å². The van der Waals surface area contributed by atoms with E-state index in [1.54, 1.807) is 12.1 Å². The second-order valence-electron chi connectivity index (χ2n) is 6.01. The zero-order valence-corrected chi connectivity index (χ0v) is 11.8. The standard InChI is InChI=1S/C17H18FN3/c18-13-7-6-11-2-1-3-15(14(11)10-13)20-16-8-9-19-17(21-16)12-4-5-12/h6-10,12,15H,1-5H2,(H,19,20,21). The van der Waals surface area contributed by atoms with Gasteiger partial charge in [0.25, 0.3) is 0 Å². The molecule has 2 aliphatic rings. The number of hydrogen-bond donors (Lipinski definition) is 1. The number of aryl methyl sites for hydroxylation is 1. The number of hydrogen-bond acceptors (Lipinski definition) is 3. The van der Waals surface area contributed by atoms with Crippen LogP contribution in [0.2, 0.25) is 0 Å². The largest absolute Gasteiger partial charge is 0.363 e. The summed E-state index contributed by atoms with van der Waals surface area (Å²) in [6.07, 6.45) is 7.38. The molecule has 0 saturated heterocycles. The molecular weight excluding hydrogens is 265 g/mol. The molecule has 1 atom stereocenters. The van der Waals surface area contributed by atoms with Crippen LogP contribution in [0.4, 0.5) is 10.2 Å². The van der Waals surface area contributed by atoms with Crippen molar-refractivity contribution >= 4 is 5.82 Å². The van der Waals surface area contributed by atoms with Crippen LogP contribution in [0.5, 0.6) is 0 Å². The normalized spacial score (nSPS) is 20.9.